The highest BCUT2D eigenvalue weighted by Gasteiger charge is 2.28. The largest absolute Gasteiger partial charge is 0.507 e. The van der Waals surface area contributed by atoms with Gasteiger partial charge >= 0.3 is 11.9 Å². The van der Waals surface area contributed by atoms with Gasteiger partial charge in [-0.1, -0.05) is 6.07 Å². The van der Waals surface area contributed by atoms with Crippen molar-refractivity contribution in [1.29, 1.82) is 0 Å². The van der Waals surface area contributed by atoms with Crippen molar-refractivity contribution >= 4 is 17.6 Å². The van der Waals surface area contributed by atoms with E-state index in [0.717, 1.165) is 0 Å². The molecule has 0 fully saturated rings. The van der Waals surface area contributed by atoms with Crippen LogP contribution in [-0.2, 0) is 16.0 Å². The van der Waals surface area contributed by atoms with E-state index in [9.17, 15) is 24.8 Å². The second-order valence-electron chi connectivity index (χ2n) is 7.45. The molecule has 0 aromatic heterocycles. The fourth-order valence-electron chi connectivity index (χ4n) is 2.73. The number of phenolic OH excluding ortho intramolecular Hbond substituents is 1. The maximum absolute atomic E-state index is 12.9. The third-order valence-electron chi connectivity index (χ3n) is 4.00. The molecule has 0 aliphatic heterocycles. The van der Waals surface area contributed by atoms with Gasteiger partial charge in [-0.15, -0.1) is 0 Å². The lowest BCUT2D eigenvalue weighted by Gasteiger charge is -2.23. The number of ether oxygens (including phenoxy) is 1. The number of carbonyl (C=O) groups is 2. The Morgan fingerprint density at radius 3 is 2.24 bits per heavy atom. The van der Waals surface area contributed by atoms with Gasteiger partial charge in [-0.05, 0) is 56.5 Å². The maximum atomic E-state index is 12.9. The number of non-ortho nitro benzene ring substituents is 1. The molecule has 0 saturated carbocycles. The number of hydrogen-bond donors (Lipinski definition) is 3. The molecule has 0 saturated heterocycles. The van der Waals surface area contributed by atoms with Gasteiger partial charge in [0.2, 0.25) is 0 Å². The van der Waals surface area contributed by atoms with Crippen LogP contribution in [0.2, 0.25) is 0 Å². The van der Waals surface area contributed by atoms with Gasteiger partial charge in [0.05, 0.1) is 10.5 Å². The Kier molecular flexibility index (Phi) is 6.23. The molecule has 0 radical (unpaired) electrons. The number of esters is 1. The number of nitro groups is 1. The smallest absolute Gasteiger partial charge is 0.339 e. The first-order chi connectivity index (χ1) is 13.4. The van der Waals surface area contributed by atoms with E-state index in [1.807, 2.05) is 0 Å². The van der Waals surface area contributed by atoms with Crippen molar-refractivity contribution in [3.05, 3.63) is 57.6 Å². The molecule has 2 rings (SSSR count). The highest BCUT2D eigenvalue weighted by molar-refractivity contribution is 6.01. The minimum Gasteiger partial charge on any atom is -0.507 e. The second kappa shape index (κ2) is 8.27. The summed E-state index contributed by atoms with van der Waals surface area (Å²) < 4.78 is 5.44. The van der Waals surface area contributed by atoms with Crippen LogP contribution in [0, 0.1) is 10.1 Å². The van der Waals surface area contributed by atoms with Crippen LogP contribution in [0.4, 0.5) is 5.69 Å². The van der Waals surface area contributed by atoms with Crippen molar-refractivity contribution in [2.45, 2.75) is 38.8 Å². The molecule has 1 atom stereocenters. The zero-order valence-corrected chi connectivity index (χ0v) is 16.2. The molecule has 0 aliphatic rings. The summed E-state index contributed by atoms with van der Waals surface area (Å²) >= 11 is 0. The molecule has 29 heavy (non-hydrogen) atoms. The molecule has 0 heterocycles. The number of nitrogens with two attached hydrogens (primary N) is 1. The summed E-state index contributed by atoms with van der Waals surface area (Å²) in [7, 11) is 0. The van der Waals surface area contributed by atoms with Crippen molar-refractivity contribution in [2.75, 3.05) is 0 Å². The van der Waals surface area contributed by atoms with E-state index in [1.54, 1.807) is 20.8 Å². The summed E-state index contributed by atoms with van der Waals surface area (Å²) in [5.41, 5.74) is 5.30. The van der Waals surface area contributed by atoms with Crippen LogP contribution >= 0.6 is 0 Å². The number of phenols is 1. The highest BCUT2D eigenvalue weighted by atomic mass is 16.6. The van der Waals surface area contributed by atoms with Crippen molar-refractivity contribution in [3.8, 4) is 16.9 Å². The monoisotopic (exact) mass is 402 g/mol. The Bertz CT molecular complexity index is 947. The second-order valence-corrected chi connectivity index (χ2v) is 7.45. The number of nitrogens with zero attached hydrogens (tertiary/aromatic N) is 1. The predicted molar refractivity (Wildman–Crippen MR) is 105 cm³/mol. The van der Waals surface area contributed by atoms with Crippen molar-refractivity contribution in [3.63, 3.8) is 0 Å². The zero-order valence-electron chi connectivity index (χ0n) is 16.2. The number of hydrogen-bond acceptors (Lipinski definition) is 7. The molecule has 4 N–H and O–H groups in total. The summed E-state index contributed by atoms with van der Waals surface area (Å²) in [5, 5.41) is 30.5. The summed E-state index contributed by atoms with van der Waals surface area (Å²) in [4.78, 5) is 34.4. The minimum atomic E-state index is -1.27. The van der Waals surface area contributed by atoms with Crippen LogP contribution in [-0.4, -0.2) is 38.7 Å². The average Bonchev–Trinajstić information content (AvgIpc) is 2.61. The number of benzene rings is 2. The topological polar surface area (TPSA) is 153 Å². The zero-order chi connectivity index (χ0) is 21.9. The Morgan fingerprint density at radius 2 is 1.76 bits per heavy atom. The summed E-state index contributed by atoms with van der Waals surface area (Å²) in [6.07, 6.45) is -0.176. The van der Waals surface area contributed by atoms with Gasteiger partial charge in [0.15, 0.2) is 0 Å². The third kappa shape index (κ3) is 5.29. The van der Waals surface area contributed by atoms with E-state index in [1.165, 1.54) is 36.4 Å². The van der Waals surface area contributed by atoms with Crippen molar-refractivity contribution in [1.82, 2.24) is 0 Å². The predicted octanol–water partition coefficient (Wildman–Crippen LogP) is 2.88. The SMILES string of the molecule is CC(C)(C)OC(=O)c1c(CC(N)C(=O)O)ccc(O)c1-c1ccc([N+](=O)[O-])cc1. The minimum absolute atomic E-state index is 0.0366. The van der Waals surface area contributed by atoms with Crippen LogP contribution in [0.3, 0.4) is 0 Å². The van der Waals surface area contributed by atoms with Gasteiger partial charge in [0.25, 0.3) is 5.69 Å². The maximum Gasteiger partial charge on any atom is 0.339 e. The molecule has 0 aliphatic carbocycles. The standard InChI is InChI=1S/C20H22N2O7/c1-20(2,3)29-19(26)17-12(10-14(21)18(24)25)6-9-15(23)16(17)11-4-7-13(8-5-11)22(27)28/h4-9,14,23H,10,21H2,1-3H3,(H,24,25). The van der Waals surface area contributed by atoms with Gasteiger partial charge in [-0.3, -0.25) is 14.9 Å². The first-order valence-corrected chi connectivity index (χ1v) is 8.72. The molecule has 9 heteroatoms. The number of carbonyl (C=O) groups excluding carboxylic acids is 1. The van der Waals surface area contributed by atoms with Gasteiger partial charge in [-0.2, -0.15) is 0 Å². The van der Waals surface area contributed by atoms with E-state index in [2.05, 4.69) is 0 Å². The van der Waals surface area contributed by atoms with Crippen molar-refractivity contribution < 1.29 is 29.5 Å². The van der Waals surface area contributed by atoms with E-state index in [4.69, 9.17) is 15.6 Å². The summed E-state index contributed by atoms with van der Waals surface area (Å²) in [6, 6.07) is 6.71. The molecule has 0 spiro atoms. The fraction of sp³-hybridized carbons (Fsp3) is 0.300. The molecule has 2 aromatic carbocycles. The molecule has 1 unspecified atom stereocenters. The molecule has 0 bridgehead atoms. The number of rotatable bonds is 6. The molecular weight excluding hydrogens is 380 g/mol. The van der Waals surface area contributed by atoms with Crippen molar-refractivity contribution in [2.24, 2.45) is 5.73 Å². The van der Waals surface area contributed by atoms with E-state index in [-0.39, 0.29) is 34.5 Å². The van der Waals surface area contributed by atoms with Gasteiger partial charge in [0.1, 0.15) is 17.4 Å². The first kappa shape index (κ1) is 21.8. The van der Waals surface area contributed by atoms with Crippen LogP contribution in [0.1, 0.15) is 36.7 Å². The third-order valence-corrected chi connectivity index (χ3v) is 4.00. The first-order valence-electron chi connectivity index (χ1n) is 8.72. The average molecular weight is 402 g/mol. The van der Waals surface area contributed by atoms with E-state index in [0.29, 0.717) is 5.56 Å². The molecule has 154 valence electrons. The Morgan fingerprint density at radius 1 is 1.17 bits per heavy atom. The fourth-order valence-corrected chi connectivity index (χ4v) is 2.73. The Balaban J connectivity index is 2.68. The number of carboxylic acid groups (broad SMARTS) is 1. The molecule has 0 amide bonds. The van der Waals surface area contributed by atoms with E-state index >= 15 is 0 Å². The molecule has 9 nitrogen and oxygen atoms in total. The summed E-state index contributed by atoms with van der Waals surface area (Å²) in [6.45, 7) is 5.01. The lowest BCUT2D eigenvalue weighted by molar-refractivity contribution is -0.384. The summed E-state index contributed by atoms with van der Waals surface area (Å²) in [5.74, 6) is -2.27. The van der Waals surface area contributed by atoms with Crippen LogP contribution < -0.4 is 5.73 Å². The van der Waals surface area contributed by atoms with Gasteiger partial charge in [0, 0.05) is 17.7 Å². The van der Waals surface area contributed by atoms with Crippen LogP contribution in [0.25, 0.3) is 11.1 Å². The number of aromatic hydroxyl groups is 1. The molecular formula is C20H22N2O7. The van der Waals surface area contributed by atoms with Gasteiger partial charge < -0.3 is 20.7 Å². The number of aliphatic carboxylic acids is 1. The quantitative estimate of drug-likeness (QED) is 0.379. The van der Waals surface area contributed by atoms with Crippen LogP contribution in [0.5, 0.6) is 5.75 Å². The Labute approximate surface area is 166 Å². The van der Waals surface area contributed by atoms with E-state index < -0.39 is 28.5 Å². The van der Waals surface area contributed by atoms with Crippen LogP contribution in [0.15, 0.2) is 36.4 Å². The lowest BCUT2D eigenvalue weighted by Crippen LogP contribution is -2.33. The highest BCUT2D eigenvalue weighted by Crippen LogP contribution is 2.37. The normalized spacial score (nSPS) is 12.3. The number of carboxylic acids is 1. The molecule has 2 aromatic rings. The van der Waals surface area contributed by atoms with Gasteiger partial charge in [-0.25, -0.2) is 4.79 Å². The number of nitro benzene ring substituents is 1. The Hall–Kier alpha value is -3.46. The lowest BCUT2D eigenvalue weighted by atomic mass is 9.91.